The lowest BCUT2D eigenvalue weighted by atomic mass is 9.92. The standard InChI is InChI=1S/C15H16FN.C2H6/c1-4-12-14(16)6-5-10-7-11(17)8-13(9(2)3)15(10)12;1-2/h4-9H,1,17H2,2-3H3;1-2H3. The van der Waals surface area contributed by atoms with Gasteiger partial charge in [0.2, 0.25) is 0 Å². The zero-order valence-corrected chi connectivity index (χ0v) is 12.1. The maximum Gasteiger partial charge on any atom is 0.131 e. The van der Waals surface area contributed by atoms with Crippen LogP contribution in [-0.4, -0.2) is 0 Å². The van der Waals surface area contributed by atoms with Gasteiger partial charge < -0.3 is 5.73 Å². The van der Waals surface area contributed by atoms with Gasteiger partial charge in [-0.15, -0.1) is 0 Å². The maximum atomic E-state index is 13.8. The molecule has 102 valence electrons. The van der Waals surface area contributed by atoms with Crippen molar-refractivity contribution < 1.29 is 4.39 Å². The predicted octanol–water partition coefficient (Wildman–Crippen LogP) is 5.35. The molecule has 0 saturated carbocycles. The summed E-state index contributed by atoms with van der Waals surface area (Å²) in [6.45, 7) is 11.8. The van der Waals surface area contributed by atoms with E-state index in [0.717, 1.165) is 16.3 Å². The Kier molecular flexibility index (Phi) is 5.11. The largest absolute Gasteiger partial charge is 0.399 e. The fourth-order valence-corrected chi connectivity index (χ4v) is 2.18. The highest BCUT2D eigenvalue weighted by molar-refractivity contribution is 5.95. The van der Waals surface area contributed by atoms with Crippen molar-refractivity contribution in [3.8, 4) is 0 Å². The summed E-state index contributed by atoms with van der Waals surface area (Å²) in [5.74, 6) is 0.0562. The molecule has 0 fully saturated rings. The summed E-state index contributed by atoms with van der Waals surface area (Å²) in [5, 5.41) is 1.88. The Labute approximate surface area is 114 Å². The molecule has 0 aliphatic carbocycles. The number of hydrogen-bond donors (Lipinski definition) is 1. The summed E-state index contributed by atoms with van der Waals surface area (Å²) in [5.41, 5.74) is 8.21. The van der Waals surface area contributed by atoms with Crippen LogP contribution in [0.4, 0.5) is 10.1 Å². The van der Waals surface area contributed by atoms with Gasteiger partial charge in [-0.25, -0.2) is 4.39 Å². The van der Waals surface area contributed by atoms with E-state index in [2.05, 4.69) is 20.4 Å². The molecule has 0 aliphatic heterocycles. The summed E-state index contributed by atoms with van der Waals surface area (Å²) in [7, 11) is 0. The summed E-state index contributed by atoms with van der Waals surface area (Å²) >= 11 is 0. The third kappa shape index (κ3) is 2.95. The molecule has 2 aromatic carbocycles. The van der Waals surface area contributed by atoms with E-state index in [0.29, 0.717) is 17.2 Å². The number of nitrogen functional groups attached to an aromatic ring is 1. The van der Waals surface area contributed by atoms with E-state index in [4.69, 9.17) is 5.73 Å². The van der Waals surface area contributed by atoms with E-state index >= 15 is 0 Å². The molecule has 1 nitrogen and oxygen atoms in total. The molecule has 0 unspecified atom stereocenters. The Balaban J connectivity index is 0.000000861. The van der Waals surface area contributed by atoms with Gasteiger partial charge in [0, 0.05) is 11.3 Å². The van der Waals surface area contributed by atoms with Crippen molar-refractivity contribution in [2.45, 2.75) is 33.6 Å². The molecule has 0 saturated heterocycles. The molecule has 0 aromatic heterocycles. The number of rotatable bonds is 2. The first-order valence-electron chi connectivity index (χ1n) is 6.68. The Hall–Kier alpha value is -1.83. The summed E-state index contributed by atoms with van der Waals surface area (Å²) in [4.78, 5) is 0. The fourth-order valence-electron chi connectivity index (χ4n) is 2.18. The molecule has 2 aromatic rings. The van der Waals surface area contributed by atoms with E-state index in [1.54, 1.807) is 12.1 Å². The van der Waals surface area contributed by atoms with Crippen LogP contribution < -0.4 is 5.73 Å². The first-order chi connectivity index (χ1) is 9.04. The molecule has 0 bridgehead atoms. The molecule has 0 aliphatic rings. The minimum atomic E-state index is -0.237. The summed E-state index contributed by atoms with van der Waals surface area (Å²) < 4.78 is 13.8. The molecule has 2 N–H and O–H groups in total. The second kappa shape index (κ2) is 6.37. The zero-order chi connectivity index (χ0) is 14.6. The summed E-state index contributed by atoms with van der Waals surface area (Å²) in [6.07, 6.45) is 1.57. The molecule has 2 rings (SSSR count). The monoisotopic (exact) mass is 259 g/mol. The molecule has 2 heteroatoms. The van der Waals surface area contributed by atoms with Gasteiger partial charge in [-0.3, -0.25) is 0 Å². The van der Waals surface area contributed by atoms with Crippen LogP contribution in [0.2, 0.25) is 0 Å². The first kappa shape index (κ1) is 15.2. The highest BCUT2D eigenvalue weighted by atomic mass is 19.1. The third-order valence-corrected chi connectivity index (χ3v) is 2.98. The molecule has 0 atom stereocenters. The van der Waals surface area contributed by atoms with Gasteiger partial charge in [0.25, 0.3) is 0 Å². The van der Waals surface area contributed by atoms with Gasteiger partial charge in [0.1, 0.15) is 5.82 Å². The van der Waals surface area contributed by atoms with Gasteiger partial charge in [0.15, 0.2) is 0 Å². The van der Waals surface area contributed by atoms with Gasteiger partial charge in [-0.2, -0.15) is 0 Å². The molecular formula is C17H22FN. The Morgan fingerprint density at radius 1 is 1.21 bits per heavy atom. The van der Waals surface area contributed by atoms with Crippen LogP contribution >= 0.6 is 0 Å². The van der Waals surface area contributed by atoms with Crippen LogP contribution in [0.3, 0.4) is 0 Å². The van der Waals surface area contributed by atoms with Crippen LogP contribution in [0.25, 0.3) is 16.8 Å². The van der Waals surface area contributed by atoms with Crippen molar-refractivity contribution in [2.75, 3.05) is 5.73 Å². The van der Waals surface area contributed by atoms with Crippen molar-refractivity contribution in [1.82, 2.24) is 0 Å². The van der Waals surface area contributed by atoms with E-state index < -0.39 is 0 Å². The van der Waals surface area contributed by atoms with Gasteiger partial charge in [0.05, 0.1) is 0 Å². The lowest BCUT2D eigenvalue weighted by Gasteiger charge is -2.14. The van der Waals surface area contributed by atoms with Crippen molar-refractivity contribution in [3.63, 3.8) is 0 Å². The molecule has 0 spiro atoms. The average molecular weight is 259 g/mol. The molecular weight excluding hydrogens is 237 g/mol. The van der Waals surface area contributed by atoms with Crippen LogP contribution in [0.5, 0.6) is 0 Å². The van der Waals surface area contributed by atoms with Crippen LogP contribution in [0.15, 0.2) is 30.8 Å². The lowest BCUT2D eigenvalue weighted by Crippen LogP contribution is -1.97. The fraction of sp³-hybridized carbons (Fsp3) is 0.294. The first-order valence-corrected chi connectivity index (χ1v) is 6.68. The lowest BCUT2D eigenvalue weighted by molar-refractivity contribution is 0.627. The Morgan fingerprint density at radius 3 is 2.37 bits per heavy atom. The van der Waals surface area contributed by atoms with Gasteiger partial charge in [-0.05, 0) is 40.5 Å². The normalized spacial score (nSPS) is 10.2. The molecule has 19 heavy (non-hydrogen) atoms. The minimum Gasteiger partial charge on any atom is -0.399 e. The average Bonchev–Trinajstić information content (AvgIpc) is 2.40. The molecule has 0 amide bonds. The SMILES string of the molecule is C=Cc1c(F)ccc2cc(N)cc(C(C)C)c12.CC. The number of halogens is 1. The Bertz CT molecular complexity index is 585. The van der Waals surface area contributed by atoms with E-state index in [1.807, 2.05) is 26.0 Å². The van der Waals surface area contributed by atoms with Crippen molar-refractivity contribution in [1.29, 1.82) is 0 Å². The van der Waals surface area contributed by atoms with Crippen molar-refractivity contribution in [2.24, 2.45) is 0 Å². The molecule has 0 heterocycles. The van der Waals surface area contributed by atoms with E-state index in [-0.39, 0.29) is 5.82 Å². The highest BCUT2D eigenvalue weighted by Crippen LogP contribution is 2.32. The van der Waals surface area contributed by atoms with E-state index in [9.17, 15) is 4.39 Å². The highest BCUT2D eigenvalue weighted by Gasteiger charge is 2.12. The number of fused-ring (bicyclic) bond motifs is 1. The quantitative estimate of drug-likeness (QED) is 0.722. The van der Waals surface area contributed by atoms with E-state index in [1.165, 1.54) is 6.07 Å². The number of hydrogen-bond acceptors (Lipinski definition) is 1. The van der Waals surface area contributed by atoms with Crippen LogP contribution in [0.1, 0.15) is 44.7 Å². The number of anilines is 1. The number of nitrogens with two attached hydrogens (primary N) is 1. The van der Waals surface area contributed by atoms with Gasteiger partial charge in [-0.1, -0.05) is 46.4 Å². The molecule has 0 radical (unpaired) electrons. The smallest absolute Gasteiger partial charge is 0.131 e. The second-order valence-electron chi connectivity index (χ2n) is 4.53. The second-order valence-corrected chi connectivity index (χ2v) is 4.53. The number of benzene rings is 2. The van der Waals surface area contributed by atoms with Crippen molar-refractivity contribution in [3.05, 3.63) is 47.8 Å². The van der Waals surface area contributed by atoms with Crippen molar-refractivity contribution >= 4 is 22.5 Å². The predicted molar refractivity (Wildman–Crippen MR) is 83.8 cm³/mol. The zero-order valence-electron chi connectivity index (χ0n) is 12.1. The minimum absolute atomic E-state index is 0.237. The maximum absolute atomic E-state index is 13.8. The van der Waals surface area contributed by atoms with Crippen LogP contribution in [0, 0.1) is 5.82 Å². The Morgan fingerprint density at radius 2 is 1.84 bits per heavy atom. The topological polar surface area (TPSA) is 26.0 Å². The van der Waals surface area contributed by atoms with Crippen LogP contribution in [-0.2, 0) is 0 Å². The third-order valence-electron chi connectivity index (χ3n) is 2.98. The van der Waals surface area contributed by atoms with Gasteiger partial charge >= 0.3 is 0 Å². The summed E-state index contributed by atoms with van der Waals surface area (Å²) in [6, 6.07) is 7.01.